The van der Waals surface area contributed by atoms with E-state index >= 15 is 0 Å². The summed E-state index contributed by atoms with van der Waals surface area (Å²) in [5.74, 6) is -0.879. The van der Waals surface area contributed by atoms with Crippen molar-refractivity contribution in [2.75, 3.05) is 6.54 Å². The summed E-state index contributed by atoms with van der Waals surface area (Å²) in [5.41, 5.74) is 6.50. The Morgan fingerprint density at radius 2 is 1.50 bits per heavy atom. The molecule has 0 radical (unpaired) electrons. The summed E-state index contributed by atoms with van der Waals surface area (Å²) in [7, 11) is 0. The number of ether oxygens (including phenoxy) is 1. The summed E-state index contributed by atoms with van der Waals surface area (Å²) in [5, 5.41) is 8.38. The van der Waals surface area contributed by atoms with Crippen LogP contribution in [-0.2, 0) is 30.3 Å². The van der Waals surface area contributed by atoms with Crippen LogP contribution in [-0.4, -0.2) is 54.3 Å². The lowest BCUT2D eigenvalue weighted by Crippen LogP contribution is -2.55. The molecule has 36 heavy (non-hydrogen) atoms. The number of carbonyl (C=O) groups is 4. The van der Waals surface area contributed by atoms with E-state index in [4.69, 9.17) is 10.5 Å². The predicted octanol–water partition coefficient (Wildman–Crippen LogP) is 2.14. The summed E-state index contributed by atoms with van der Waals surface area (Å²) in [6.07, 6.45) is 2.39. The zero-order valence-electron chi connectivity index (χ0n) is 22.0. The summed E-state index contributed by atoms with van der Waals surface area (Å²) in [6, 6.07) is 7.02. The van der Waals surface area contributed by atoms with E-state index in [1.165, 1.54) is 13.8 Å². The molecule has 3 amide bonds. The van der Waals surface area contributed by atoms with Crippen molar-refractivity contribution < 1.29 is 23.9 Å². The number of nitrogens with one attached hydrogen (secondary N) is 3. The van der Waals surface area contributed by atoms with Gasteiger partial charge in [-0.1, -0.05) is 36.9 Å². The molecule has 1 aromatic rings. The van der Waals surface area contributed by atoms with Crippen LogP contribution in [0.4, 0.5) is 0 Å². The van der Waals surface area contributed by atoms with Crippen LogP contribution in [0, 0.1) is 0 Å². The second kappa shape index (κ2) is 16.5. The lowest BCUT2D eigenvalue weighted by Gasteiger charge is -2.27. The summed E-state index contributed by atoms with van der Waals surface area (Å²) >= 11 is 0. The van der Waals surface area contributed by atoms with Gasteiger partial charge in [-0.2, -0.15) is 0 Å². The molecule has 200 valence electrons. The third-order valence-electron chi connectivity index (χ3n) is 5.43. The van der Waals surface area contributed by atoms with E-state index in [1.54, 1.807) is 0 Å². The molecule has 2 unspecified atom stereocenters. The average molecular weight is 503 g/mol. The highest BCUT2D eigenvalue weighted by molar-refractivity contribution is 5.92. The molecular weight excluding hydrogens is 460 g/mol. The van der Waals surface area contributed by atoms with Crippen LogP contribution in [0.15, 0.2) is 42.7 Å². The Labute approximate surface area is 214 Å². The number of carbonyl (C=O) groups excluding carboxylic acids is 4. The van der Waals surface area contributed by atoms with Crippen LogP contribution in [0.25, 0.3) is 0 Å². The lowest BCUT2D eigenvalue weighted by molar-refractivity contribution is -0.132. The van der Waals surface area contributed by atoms with Gasteiger partial charge in [-0.25, -0.2) is 0 Å². The number of Topliss-reactive ketones (excluding diaryl/α,β-unsaturated/α-hetero) is 1. The van der Waals surface area contributed by atoms with Crippen LogP contribution in [0.2, 0.25) is 0 Å². The van der Waals surface area contributed by atoms with Gasteiger partial charge in [0.25, 0.3) is 0 Å². The molecule has 0 saturated heterocycles. The zero-order chi connectivity index (χ0) is 27.1. The van der Waals surface area contributed by atoms with E-state index in [0.717, 1.165) is 5.56 Å². The number of amides is 3. The highest BCUT2D eigenvalue weighted by Gasteiger charge is 2.28. The highest BCUT2D eigenvalue weighted by Crippen LogP contribution is 2.13. The molecule has 9 heteroatoms. The van der Waals surface area contributed by atoms with E-state index in [0.29, 0.717) is 38.0 Å². The number of hydrogen-bond acceptors (Lipinski definition) is 6. The molecule has 3 atom stereocenters. The van der Waals surface area contributed by atoms with Gasteiger partial charge in [-0.05, 0) is 58.6 Å². The van der Waals surface area contributed by atoms with Crippen molar-refractivity contribution in [2.24, 2.45) is 5.73 Å². The molecule has 9 nitrogen and oxygen atoms in total. The Hall–Kier alpha value is -3.20. The van der Waals surface area contributed by atoms with Crippen LogP contribution in [0.5, 0.6) is 0 Å². The minimum Gasteiger partial charge on any atom is -0.494 e. The third kappa shape index (κ3) is 12.5. The van der Waals surface area contributed by atoms with Gasteiger partial charge in [0.1, 0.15) is 23.6 Å². The van der Waals surface area contributed by atoms with Gasteiger partial charge in [0.05, 0.1) is 12.1 Å². The summed E-state index contributed by atoms with van der Waals surface area (Å²) < 4.78 is 5.68. The number of ketones is 1. The largest absolute Gasteiger partial charge is 0.494 e. The van der Waals surface area contributed by atoms with Crippen molar-refractivity contribution in [1.29, 1.82) is 0 Å². The Kier molecular flexibility index (Phi) is 14.1. The maximum atomic E-state index is 13.3. The van der Waals surface area contributed by atoms with E-state index in [9.17, 15) is 19.2 Å². The molecule has 0 saturated carbocycles. The molecule has 1 rings (SSSR count). The molecule has 0 spiro atoms. The number of nitrogens with two attached hydrogens (primary N) is 1. The van der Waals surface area contributed by atoms with Gasteiger partial charge in [0.2, 0.25) is 17.7 Å². The maximum Gasteiger partial charge on any atom is 0.243 e. The second-order valence-corrected chi connectivity index (χ2v) is 9.22. The van der Waals surface area contributed by atoms with Crippen molar-refractivity contribution in [3.63, 3.8) is 0 Å². The molecule has 0 bridgehead atoms. The highest BCUT2D eigenvalue weighted by atomic mass is 16.5. The smallest absolute Gasteiger partial charge is 0.243 e. The van der Waals surface area contributed by atoms with Crippen molar-refractivity contribution in [2.45, 2.75) is 90.4 Å². The fraction of sp³-hybridized carbons (Fsp3) is 0.556. The Bertz CT molecular complexity index is 872. The van der Waals surface area contributed by atoms with Gasteiger partial charge in [-0.15, -0.1) is 0 Å². The predicted molar refractivity (Wildman–Crippen MR) is 140 cm³/mol. The Morgan fingerprint density at radius 3 is 2.06 bits per heavy atom. The van der Waals surface area contributed by atoms with Crippen LogP contribution >= 0.6 is 0 Å². The van der Waals surface area contributed by atoms with E-state index in [1.807, 2.05) is 44.2 Å². The molecular formula is C27H42N4O5. The topological polar surface area (TPSA) is 140 Å². The van der Waals surface area contributed by atoms with Crippen molar-refractivity contribution >= 4 is 23.5 Å². The number of hydrogen-bond donors (Lipinski definition) is 4. The van der Waals surface area contributed by atoms with Crippen LogP contribution in [0.3, 0.4) is 0 Å². The molecule has 1 aromatic carbocycles. The van der Waals surface area contributed by atoms with Crippen molar-refractivity contribution in [1.82, 2.24) is 16.0 Å². The molecule has 0 heterocycles. The van der Waals surface area contributed by atoms with Crippen molar-refractivity contribution in [3.8, 4) is 0 Å². The molecule has 0 aliphatic rings. The molecule has 0 aliphatic carbocycles. The molecule has 0 aromatic heterocycles. The van der Waals surface area contributed by atoms with Gasteiger partial charge in [-0.3, -0.25) is 14.4 Å². The molecule has 5 N–H and O–H groups in total. The van der Waals surface area contributed by atoms with Gasteiger partial charge >= 0.3 is 0 Å². The van der Waals surface area contributed by atoms with Crippen LogP contribution < -0.4 is 21.7 Å². The summed E-state index contributed by atoms with van der Waals surface area (Å²) in [6.45, 7) is 10.9. The first-order chi connectivity index (χ1) is 17.0. The van der Waals surface area contributed by atoms with E-state index < -0.39 is 29.9 Å². The van der Waals surface area contributed by atoms with E-state index in [-0.39, 0.29) is 30.6 Å². The SMILES string of the molecule is C=C(OC(C)C)C(CCC(C)=O)NC(=O)[C@H](CCCCN)NC(=O)C(Cc1ccccc1)NC(C)=O. The lowest BCUT2D eigenvalue weighted by atomic mass is 10.0. The van der Waals surface area contributed by atoms with Gasteiger partial charge < -0.3 is 31.2 Å². The number of rotatable bonds is 17. The summed E-state index contributed by atoms with van der Waals surface area (Å²) in [4.78, 5) is 49.8. The number of unbranched alkanes of at least 4 members (excludes halogenated alkanes) is 1. The monoisotopic (exact) mass is 502 g/mol. The first kappa shape index (κ1) is 30.8. The van der Waals surface area contributed by atoms with E-state index in [2.05, 4.69) is 22.5 Å². The average Bonchev–Trinajstić information content (AvgIpc) is 2.80. The van der Waals surface area contributed by atoms with Gasteiger partial charge in [0.15, 0.2) is 0 Å². The fourth-order valence-electron chi connectivity index (χ4n) is 3.66. The van der Waals surface area contributed by atoms with Crippen LogP contribution in [0.1, 0.15) is 65.4 Å². The minimum atomic E-state index is -0.859. The third-order valence-corrected chi connectivity index (χ3v) is 5.43. The zero-order valence-corrected chi connectivity index (χ0v) is 22.0. The Balaban J connectivity index is 3.04. The molecule has 0 aliphatic heterocycles. The van der Waals surface area contributed by atoms with Gasteiger partial charge in [0, 0.05) is 19.8 Å². The minimum absolute atomic E-state index is 0.0153. The fourth-order valence-corrected chi connectivity index (χ4v) is 3.66. The first-order valence-electron chi connectivity index (χ1n) is 12.5. The normalized spacial score (nSPS) is 13.3. The second-order valence-electron chi connectivity index (χ2n) is 9.22. The Morgan fingerprint density at radius 1 is 0.889 bits per heavy atom. The standard InChI is InChI=1S/C27H42N4O5/c1-18(2)36-20(4)23(15-14-19(3)32)30-26(34)24(13-9-10-16-28)31-27(35)25(29-21(5)33)17-22-11-7-6-8-12-22/h6-8,11-12,18,23-25H,4,9-10,13-17,28H2,1-3,5H3,(H,29,33)(H,30,34)(H,31,35)/t23?,24-,25?/m0/s1. The maximum absolute atomic E-state index is 13.3. The van der Waals surface area contributed by atoms with Crippen molar-refractivity contribution in [3.05, 3.63) is 48.2 Å². The first-order valence-corrected chi connectivity index (χ1v) is 12.5. The molecule has 0 fully saturated rings. The number of benzene rings is 1. The quantitative estimate of drug-likeness (QED) is 0.190.